The third-order valence-corrected chi connectivity index (χ3v) is 3.27. The first-order valence-corrected chi connectivity index (χ1v) is 10.2. The molecule has 56 valence electrons. The Morgan fingerprint density at radius 2 is 2.11 bits per heavy atom. The molecule has 1 nitrogen and oxygen atoms in total. The summed E-state index contributed by atoms with van der Waals surface area (Å²) in [7, 11) is 1.34. The molecule has 0 aliphatic heterocycles. The lowest BCUT2D eigenvalue weighted by atomic mass is 10.2. The average molecular weight is 162 g/mol. The molecular weight excluding hydrogens is 144 g/mol. The second-order valence-electron chi connectivity index (χ2n) is 2.26. The Kier molecular flexibility index (Phi) is 8.76. The van der Waals surface area contributed by atoms with Crippen LogP contribution in [0.15, 0.2) is 0 Å². The fraction of sp³-hybridized carbons (Fsp3) is 1.00. The summed E-state index contributed by atoms with van der Waals surface area (Å²) in [4.78, 5) is 0. The van der Waals surface area contributed by atoms with Crippen LogP contribution < -0.4 is 0 Å². The second kappa shape index (κ2) is 8.39. The topological polar surface area (TPSA) is 9.23 Å². The van der Waals surface area contributed by atoms with Crippen LogP contribution in [-0.4, -0.2) is 25.6 Å². The van der Waals surface area contributed by atoms with Gasteiger partial charge in [-0.2, -0.15) is 0 Å². The molecule has 0 aromatic heterocycles. The van der Waals surface area contributed by atoms with Gasteiger partial charge >= 0.3 is 0 Å². The van der Waals surface area contributed by atoms with E-state index in [0.29, 0.717) is 0 Å². The molecule has 0 N–H and O–H groups in total. The van der Waals surface area contributed by atoms with E-state index >= 15 is 0 Å². The summed E-state index contributed by atoms with van der Waals surface area (Å²) in [6.45, 7) is 3.29. The van der Waals surface area contributed by atoms with E-state index < -0.39 is 0 Å². The molecule has 0 spiro atoms. The van der Waals surface area contributed by atoms with Crippen LogP contribution >= 0.6 is 0 Å². The van der Waals surface area contributed by atoms with Gasteiger partial charge < -0.3 is 4.43 Å². The molecule has 0 atom stereocenters. The fourth-order valence-corrected chi connectivity index (χ4v) is 2.13. The Balaban J connectivity index is 2.60. The maximum atomic E-state index is 5.38. The lowest BCUT2D eigenvalue weighted by Gasteiger charge is -1.98. The molecule has 9 heavy (non-hydrogen) atoms. The predicted octanol–water partition coefficient (Wildman–Crippen LogP) is -0.0525. The van der Waals surface area contributed by atoms with Gasteiger partial charge in [0, 0.05) is 16.4 Å². The van der Waals surface area contributed by atoms with Gasteiger partial charge in [0.15, 0.2) is 0 Å². The van der Waals surface area contributed by atoms with Gasteiger partial charge in [-0.25, -0.2) is 0 Å². The lowest BCUT2D eigenvalue weighted by Crippen LogP contribution is -1.99. The summed E-state index contributed by atoms with van der Waals surface area (Å²) in [6, 6.07) is 0. The predicted molar refractivity (Wildman–Crippen MR) is 48.6 cm³/mol. The van der Waals surface area contributed by atoms with Gasteiger partial charge in [0.25, 0.3) is 0 Å². The van der Waals surface area contributed by atoms with Crippen LogP contribution in [0.25, 0.3) is 0 Å². The van der Waals surface area contributed by atoms with E-state index in [9.17, 15) is 0 Å². The van der Waals surface area contributed by atoms with Gasteiger partial charge in [-0.15, -0.1) is 0 Å². The van der Waals surface area contributed by atoms with Crippen LogP contribution in [0.2, 0.25) is 0 Å². The van der Waals surface area contributed by atoms with Crippen LogP contribution in [-0.2, 0) is 4.43 Å². The molecule has 3 heteroatoms. The summed E-state index contributed by atoms with van der Waals surface area (Å²) in [5.74, 6) is 0. The van der Waals surface area contributed by atoms with Crippen molar-refractivity contribution in [3.8, 4) is 0 Å². The van der Waals surface area contributed by atoms with Crippen molar-refractivity contribution >= 4 is 19.0 Å². The molecule has 0 aromatic rings. The first kappa shape index (κ1) is 9.39. The molecule has 0 radical (unpaired) electrons. The van der Waals surface area contributed by atoms with Crippen LogP contribution in [0.5, 0.6) is 0 Å². The second-order valence-corrected chi connectivity index (χ2v) is 4.98. The molecule has 0 fully saturated rings. The molecular formula is C6H18OSi2. The number of hydrogen-bond acceptors (Lipinski definition) is 1. The van der Waals surface area contributed by atoms with Gasteiger partial charge in [0.2, 0.25) is 0 Å². The minimum atomic E-state index is 0.0186. The quantitative estimate of drug-likeness (QED) is 0.393. The van der Waals surface area contributed by atoms with Crippen molar-refractivity contribution in [2.45, 2.75) is 32.6 Å². The molecule has 0 aliphatic rings. The lowest BCUT2D eigenvalue weighted by molar-refractivity contribution is 0.330. The molecule has 0 aliphatic carbocycles. The highest BCUT2D eigenvalue weighted by Gasteiger charge is 1.85. The molecule has 0 aromatic carbocycles. The van der Waals surface area contributed by atoms with E-state index in [-0.39, 0.29) is 9.28 Å². The van der Waals surface area contributed by atoms with Crippen molar-refractivity contribution in [2.24, 2.45) is 0 Å². The zero-order valence-corrected chi connectivity index (χ0v) is 10.1. The highest BCUT2D eigenvalue weighted by atomic mass is 29.1. The van der Waals surface area contributed by atoms with E-state index in [1.807, 2.05) is 0 Å². The van der Waals surface area contributed by atoms with Gasteiger partial charge in [-0.05, 0) is 6.42 Å². The van der Waals surface area contributed by atoms with E-state index in [0.717, 1.165) is 6.61 Å². The Labute approximate surface area is 63.3 Å². The van der Waals surface area contributed by atoms with E-state index in [2.05, 4.69) is 6.92 Å². The Morgan fingerprint density at radius 3 is 2.67 bits per heavy atom. The highest BCUT2D eigenvalue weighted by Crippen LogP contribution is 1.97. The Morgan fingerprint density at radius 1 is 1.33 bits per heavy atom. The molecule has 0 unspecified atom stereocenters. The van der Waals surface area contributed by atoms with E-state index in [1.54, 1.807) is 0 Å². The van der Waals surface area contributed by atoms with Crippen LogP contribution in [0.1, 0.15) is 32.6 Å². The molecule has 0 saturated heterocycles. The third-order valence-electron chi connectivity index (χ3n) is 1.35. The largest absolute Gasteiger partial charge is 0.428 e. The van der Waals surface area contributed by atoms with Gasteiger partial charge in [0.05, 0.1) is 0 Å². The van der Waals surface area contributed by atoms with E-state index in [1.165, 1.54) is 35.4 Å². The van der Waals surface area contributed by atoms with Crippen molar-refractivity contribution in [1.29, 1.82) is 0 Å². The minimum Gasteiger partial charge on any atom is -0.428 e. The smallest absolute Gasteiger partial charge is 0.139 e. The molecule has 0 rings (SSSR count). The monoisotopic (exact) mass is 162 g/mol. The summed E-state index contributed by atoms with van der Waals surface area (Å²) < 4.78 is 5.38. The van der Waals surface area contributed by atoms with Crippen LogP contribution in [0.4, 0.5) is 0 Å². The molecule has 0 amide bonds. The Hall–Kier alpha value is 0.394. The van der Waals surface area contributed by atoms with Gasteiger partial charge in [-0.1, -0.05) is 26.2 Å². The highest BCUT2D eigenvalue weighted by molar-refractivity contribution is 6.85. The first-order chi connectivity index (χ1) is 4.41. The normalized spacial score (nSPS) is 11.7. The molecule has 0 saturated carbocycles. The first-order valence-electron chi connectivity index (χ1n) is 3.99. The minimum absolute atomic E-state index is 0.0186. The van der Waals surface area contributed by atoms with Crippen LogP contribution in [0, 0.1) is 0 Å². The summed E-state index contributed by atoms with van der Waals surface area (Å²) in [5.41, 5.74) is 0. The molecule has 0 heterocycles. The summed E-state index contributed by atoms with van der Waals surface area (Å²) in [6.07, 6.45) is 5.37. The third kappa shape index (κ3) is 8.39. The van der Waals surface area contributed by atoms with Crippen molar-refractivity contribution < 1.29 is 4.43 Å². The van der Waals surface area contributed by atoms with Crippen LogP contribution in [0.3, 0.4) is 0 Å². The summed E-state index contributed by atoms with van der Waals surface area (Å²) >= 11 is 0. The van der Waals surface area contributed by atoms with Gasteiger partial charge in [-0.3, -0.25) is 0 Å². The van der Waals surface area contributed by atoms with Crippen molar-refractivity contribution in [2.75, 3.05) is 6.61 Å². The number of rotatable bonds is 6. The zero-order chi connectivity index (χ0) is 6.95. The Bertz CT molecular complexity index is 44.3. The maximum absolute atomic E-state index is 5.38. The maximum Gasteiger partial charge on any atom is 0.139 e. The van der Waals surface area contributed by atoms with Gasteiger partial charge in [0.1, 0.15) is 9.28 Å². The number of hydrogen-bond donors (Lipinski definition) is 0. The standard InChI is InChI=1S/C6H18OSi2/c1-2-3-4-5-6-7-9-8/h2-6,9H2,1,8H3. The summed E-state index contributed by atoms with van der Waals surface area (Å²) in [5, 5.41) is 0. The van der Waals surface area contributed by atoms with Crippen molar-refractivity contribution in [1.82, 2.24) is 0 Å². The average Bonchev–Trinajstić information content (AvgIpc) is 1.89. The number of unbranched alkanes of at least 4 members (excludes halogenated alkanes) is 3. The van der Waals surface area contributed by atoms with Crippen molar-refractivity contribution in [3.63, 3.8) is 0 Å². The fourth-order valence-electron chi connectivity index (χ4n) is 0.775. The van der Waals surface area contributed by atoms with Crippen molar-refractivity contribution in [3.05, 3.63) is 0 Å². The zero-order valence-electron chi connectivity index (χ0n) is 6.65. The van der Waals surface area contributed by atoms with E-state index in [4.69, 9.17) is 4.43 Å². The SMILES string of the molecule is CCCCCCO[SiH2][SiH3]. The molecule has 0 bridgehead atoms.